The second-order valence-corrected chi connectivity index (χ2v) is 7.13. The summed E-state index contributed by atoms with van der Waals surface area (Å²) in [6.45, 7) is 6.48. The molecule has 0 fully saturated rings. The number of hydrogen-bond donors (Lipinski definition) is 0. The molecule has 2 heteroatoms. The fourth-order valence-corrected chi connectivity index (χ4v) is 3.85. The first-order valence-electron chi connectivity index (χ1n) is 8.75. The van der Waals surface area contributed by atoms with Gasteiger partial charge in [-0.3, -0.25) is 0 Å². The Labute approximate surface area is 149 Å². The van der Waals surface area contributed by atoms with E-state index in [2.05, 4.69) is 98.9 Å². The average molecular weight is 328 g/mol. The molecule has 0 radical (unpaired) electrons. The first-order valence-corrected chi connectivity index (χ1v) is 8.75. The fraction of sp³-hybridized carbons (Fsp3) is 0.217. The van der Waals surface area contributed by atoms with Crippen LogP contribution in [0.15, 0.2) is 54.6 Å². The number of nitrogens with zero attached hydrogens (tertiary/aromatic N) is 2. The molecule has 0 aliphatic rings. The predicted molar refractivity (Wildman–Crippen MR) is 109 cm³/mol. The van der Waals surface area contributed by atoms with Gasteiger partial charge < -0.3 is 9.47 Å². The van der Waals surface area contributed by atoms with Crippen molar-refractivity contribution >= 4 is 33.2 Å². The van der Waals surface area contributed by atoms with Crippen LogP contribution in [0.4, 0.5) is 11.4 Å². The highest BCUT2D eigenvalue weighted by Crippen LogP contribution is 2.34. The molecule has 1 heterocycles. The van der Waals surface area contributed by atoms with Crippen molar-refractivity contribution in [2.24, 2.45) is 7.05 Å². The van der Waals surface area contributed by atoms with E-state index in [1.807, 2.05) is 0 Å². The van der Waals surface area contributed by atoms with Crippen molar-refractivity contribution in [3.05, 3.63) is 71.3 Å². The second-order valence-electron chi connectivity index (χ2n) is 7.13. The average Bonchev–Trinajstić information content (AvgIpc) is 2.86. The molecule has 0 amide bonds. The summed E-state index contributed by atoms with van der Waals surface area (Å²) in [5.41, 5.74) is 8.93. The highest BCUT2D eigenvalue weighted by molar-refractivity contribution is 6.09. The van der Waals surface area contributed by atoms with Crippen LogP contribution in [-0.2, 0) is 7.05 Å². The second kappa shape index (κ2) is 5.66. The van der Waals surface area contributed by atoms with Crippen molar-refractivity contribution in [3.63, 3.8) is 0 Å². The van der Waals surface area contributed by atoms with Gasteiger partial charge in [0.15, 0.2) is 0 Å². The van der Waals surface area contributed by atoms with Gasteiger partial charge in [-0.05, 0) is 62.7 Å². The summed E-state index contributed by atoms with van der Waals surface area (Å²) in [6, 6.07) is 20.1. The zero-order valence-electron chi connectivity index (χ0n) is 15.6. The van der Waals surface area contributed by atoms with E-state index in [0.29, 0.717) is 0 Å². The number of anilines is 2. The zero-order valence-corrected chi connectivity index (χ0v) is 15.6. The van der Waals surface area contributed by atoms with Gasteiger partial charge in [0.25, 0.3) is 0 Å². The van der Waals surface area contributed by atoms with Crippen molar-refractivity contribution in [3.8, 4) is 0 Å². The quantitative estimate of drug-likeness (QED) is 0.436. The van der Waals surface area contributed by atoms with Crippen molar-refractivity contribution < 1.29 is 0 Å². The van der Waals surface area contributed by atoms with Gasteiger partial charge in [0.1, 0.15) is 0 Å². The van der Waals surface area contributed by atoms with Crippen LogP contribution < -0.4 is 4.90 Å². The SMILES string of the molecule is Cc1ccc(N(C)c2ccc3c(c2)c2cc(C)ccc2n3C)c(C)c1. The van der Waals surface area contributed by atoms with Crippen LogP contribution in [0.1, 0.15) is 16.7 Å². The lowest BCUT2D eigenvalue weighted by Gasteiger charge is -2.22. The van der Waals surface area contributed by atoms with Crippen LogP contribution in [0.2, 0.25) is 0 Å². The lowest BCUT2D eigenvalue weighted by Crippen LogP contribution is -2.10. The van der Waals surface area contributed by atoms with Crippen LogP contribution in [0.25, 0.3) is 21.8 Å². The summed E-state index contributed by atoms with van der Waals surface area (Å²) in [6.07, 6.45) is 0. The monoisotopic (exact) mass is 328 g/mol. The molecule has 1 aromatic heterocycles. The zero-order chi connectivity index (χ0) is 17.7. The number of fused-ring (bicyclic) bond motifs is 3. The van der Waals surface area contributed by atoms with Crippen LogP contribution in [0.3, 0.4) is 0 Å². The van der Waals surface area contributed by atoms with Gasteiger partial charge in [0.2, 0.25) is 0 Å². The smallest absolute Gasteiger partial charge is 0.0490 e. The number of rotatable bonds is 2. The van der Waals surface area contributed by atoms with Crippen LogP contribution >= 0.6 is 0 Å². The van der Waals surface area contributed by atoms with Crippen LogP contribution in [-0.4, -0.2) is 11.6 Å². The van der Waals surface area contributed by atoms with Gasteiger partial charge in [-0.2, -0.15) is 0 Å². The molecule has 4 aromatic rings. The Hall–Kier alpha value is -2.74. The normalized spacial score (nSPS) is 11.4. The Balaban J connectivity index is 1.91. The van der Waals surface area contributed by atoms with E-state index in [1.54, 1.807) is 0 Å². The largest absolute Gasteiger partial charge is 0.344 e. The summed E-state index contributed by atoms with van der Waals surface area (Å²) in [5, 5.41) is 2.64. The Bertz CT molecular complexity index is 1100. The molecule has 0 atom stereocenters. The highest BCUT2D eigenvalue weighted by Gasteiger charge is 2.12. The van der Waals surface area contributed by atoms with E-state index in [1.165, 1.54) is 49.9 Å². The molecule has 3 aromatic carbocycles. The van der Waals surface area contributed by atoms with Gasteiger partial charge >= 0.3 is 0 Å². The molecule has 25 heavy (non-hydrogen) atoms. The van der Waals surface area contributed by atoms with Gasteiger partial charge in [0, 0.05) is 47.3 Å². The summed E-state index contributed by atoms with van der Waals surface area (Å²) >= 11 is 0. The predicted octanol–water partition coefficient (Wildman–Crippen LogP) is 6.02. The van der Waals surface area contributed by atoms with E-state index < -0.39 is 0 Å². The lowest BCUT2D eigenvalue weighted by molar-refractivity contribution is 1.01. The maximum absolute atomic E-state index is 2.32. The number of benzene rings is 3. The van der Waals surface area contributed by atoms with E-state index in [-0.39, 0.29) is 0 Å². The van der Waals surface area contributed by atoms with Gasteiger partial charge in [-0.15, -0.1) is 0 Å². The minimum Gasteiger partial charge on any atom is -0.344 e. The molecular weight excluding hydrogens is 304 g/mol. The Morgan fingerprint density at radius 2 is 1.32 bits per heavy atom. The van der Waals surface area contributed by atoms with Crippen molar-refractivity contribution in [1.82, 2.24) is 4.57 Å². The minimum absolute atomic E-state index is 1.22. The van der Waals surface area contributed by atoms with E-state index in [9.17, 15) is 0 Å². The molecule has 2 nitrogen and oxygen atoms in total. The Morgan fingerprint density at radius 3 is 2.04 bits per heavy atom. The maximum Gasteiger partial charge on any atom is 0.0490 e. The molecular formula is C23H24N2. The van der Waals surface area contributed by atoms with Gasteiger partial charge in [-0.25, -0.2) is 0 Å². The molecule has 0 aliphatic heterocycles. The molecule has 0 saturated carbocycles. The van der Waals surface area contributed by atoms with Crippen molar-refractivity contribution in [1.29, 1.82) is 0 Å². The molecule has 0 spiro atoms. The van der Waals surface area contributed by atoms with Gasteiger partial charge in [0.05, 0.1) is 0 Å². The minimum atomic E-state index is 1.22. The molecule has 0 saturated heterocycles. The van der Waals surface area contributed by atoms with Crippen molar-refractivity contribution in [2.75, 3.05) is 11.9 Å². The molecule has 126 valence electrons. The van der Waals surface area contributed by atoms with Gasteiger partial charge in [-0.1, -0.05) is 29.3 Å². The molecule has 0 N–H and O–H groups in total. The summed E-state index contributed by atoms with van der Waals surface area (Å²) in [4.78, 5) is 2.28. The fourth-order valence-electron chi connectivity index (χ4n) is 3.85. The highest BCUT2D eigenvalue weighted by atomic mass is 15.1. The molecule has 4 rings (SSSR count). The van der Waals surface area contributed by atoms with E-state index in [4.69, 9.17) is 0 Å². The maximum atomic E-state index is 2.32. The first-order chi connectivity index (χ1) is 12.0. The Kier molecular flexibility index (Phi) is 3.57. The third-order valence-corrected chi connectivity index (χ3v) is 5.25. The van der Waals surface area contributed by atoms with Crippen LogP contribution in [0, 0.1) is 20.8 Å². The third-order valence-electron chi connectivity index (χ3n) is 5.25. The number of aryl methyl sites for hydroxylation is 4. The summed E-state index contributed by atoms with van der Waals surface area (Å²) < 4.78 is 2.28. The first kappa shape index (κ1) is 15.8. The molecule has 0 aliphatic carbocycles. The van der Waals surface area contributed by atoms with Crippen molar-refractivity contribution in [2.45, 2.75) is 20.8 Å². The van der Waals surface area contributed by atoms with E-state index >= 15 is 0 Å². The lowest BCUT2D eigenvalue weighted by atomic mass is 10.1. The standard InChI is InChI=1S/C23H24N2/c1-15-6-9-21(17(3)12-15)24(4)18-8-11-23-20(14-18)19-13-16(2)7-10-22(19)25(23)5/h6-14H,1-5H3. The molecule has 0 bridgehead atoms. The van der Waals surface area contributed by atoms with Crippen LogP contribution in [0.5, 0.6) is 0 Å². The Morgan fingerprint density at radius 1 is 0.720 bits per heavy atom. The third kappa shape index (κ3) is 2.49. The molecule has 0 unspecified atom stereocenters. The topological polar surface area (TPSA) is 8.17 Å². The number of hydrogen-bond acceptors (Lipinski definition) is 1. The summed E-state index contributed by atoms with van der Waals surface area (Å²) in [7, 11) is 4.29. The summed E-state index contributed by atoms with van der Waals surface area (Å²) in [5.74, 6) is 0. The van der Waals surface area contributed by atoms with E-state index in [0.717, 1.165) is 0 Å². The number of aromatic nitrogens is 1.